The van der Waals surface area contributed by atoms with Crippen LogP contribution in [-0.2, 0) is 17.5 Å². The minimum atomic E-state index is -4.56. The van der Waals surface area contributed by atoms with Crippen LogP contribution >= 0.6 is 11.8 Å². The standard InChI is InChI=1S/C23H18F3N5OS/c24-23(25,26)18-10-4-5-11-19(18)28-20(32)15-33-22-30-29-21(17-9-6-12-27-13-17)31(22)14-16-7-2-1-3-8-16/h1-13H,14-15H2,(H,28,32). The molecule has 2 heterocycles. The van der Waals surface area contributed by atoms with Gasteiger partial charge < -0.3 is 5.32 Å². The van der Waals surface area contributed by atoms with Crippen molar-refractivity contribution in [2.24, 2.45) is 0 Å². The van der Waals surface area contributed by atoms with Gasteiger partial charge in [0.25, 0.3) is 0 Å². The van der Waals surface area contributed by atoms with Gasteiger partial charge in [0.1, 0.15) is 0 Å². The van der Waals surface area contributed by atoms with Gasteiger partial charge in [0.2, 0.25) is 5.91 Å². The zero-order valence-corrected chi connectivity index (χ0v) is 18.0. The molecule has 0 aliphatic heterocycles. The summed E-state index contributed by atoms with van der Waals surface area (Å²) in [5.41, 5.74) is 0.594. The number of carbonyl (C=O) groups is 1. The molecule has 0 aliphatic carbocycles. The maximum absolute atomic E-state index is 13.2. The lowest BCUT2D eigenvalue weighted by Crippen LogP contribution is -2.18. The third-order valence-corrected chi connectivity index (χ3v) is 5.63. The lowest BCUT2D eigenvalue weighted by atomic mass is 10.1. The van der Waals surface area contributed by atoms with E-state index in [1.54, 1.807) is 18.5 Å². The van der Waals surface area contributed by atoms with Gasteiger partial charge in [-0.2, -0.15) is 13.2 Å². The normalized spacial score (nSPS) is 11.4. The first-order valence-electron chi connectivity index (χ1n) is 9.88. The Kier molecular flexibility index (Phi) is 6.74. The first kappa shape index (κ1) is 22.5. The quantitative estimate of drug-likeness (QED) is 0.380. The average Bonchev–Trinajstić information content (AvgIpc) is 3.21. The van der Waals surface area contributed by atoms with E-state index in [-0.39, 0.29) is 11.4 Å². The Morgan fingerprint density at radius 2 is 1.73 bits per heavy atom. The monoisotopic (exact) mass is 469 g/mol. The van der Waals surface area contributed by atoms with Gasteiger partial charge in [-0.1, -0.05) is 54.2 Å². The van der Waals surface area contributed by atoms with E-state index in [2.05, 4.69) is 20.5 Å². The van der Waals surface area contributed by atoms with Crippen molar-refractivity contribution in [2.75, 3.05) is 11.1 Å². The first-order chi connectivity index (χ1) is 15.9. The van der Waals surface area contributed by atoms with Crippen LogP contribution in [0.2, 0.25) is 0 Å². The lowest BCUT2D eigenvalue weighted by Gasteiger charge is -2.13. The van der Waals surface area contributed by atoms with Crippen LogP contribution in [0.3, 0.4) is 0 Å². The number of para-hydroxylation sites is 1. The van der Waals surface area contributed by atoms with Gasteiger partial charge in [0.15, 0.2) is 11.0 Å². The molecule has 0 spiro atoms. The summed E-state index contributed by atoms with van der Waals surface area (Å²) in [6.45, 7) is 0.457. The number of amides is 1. The van der Waals surface area contributed by atoms with E-state index in [1.165, 1.54) is 18.2 Å². The van der Waals surface area contributed by atoms with E-state index in [9.17, 15) is 18.0 Å². The number of halogens is 3. The van der Waals surface area contributed by atoms with E-state index < -0.39 is 17.6 Å². The Labute approximate surface area is 191 Å². The average molecular weight is 469 g/mol. The summed E-state index contributed by atoms with van der Waals surface area (Å²) >= 11 is 1.10. The Morgan fingerprint density at radius 1 is 0.970 bits per heavy atom. The number of nitrogens with zero attached hydrogens (tertiary/aromatic N) is 4. The predicted molar refractivity (Wildman–Crippen MR) is 120 cm³/mol. The number of pyridine rings is 1. The molecule has 10 heteroatoms. The summed E-state index contributed by atoms with van der Waals surface area (Å²) in [5, 5.41) is 11.3. The number of aromatic nitrogens is 4. The zero-order chi connectivity index (χ0) is 23.3. The molecule has 0 aliphatic rings. The summed E-state index contributed by atoms with van der Waals surface area (Å²) in [5.74, 6) is -0.127. The third kappa shape index (κ3) is 5.58. The second-order valence-electron chi connectivity index (χ2n) is 7.00. The lowest BCUT2D eigenvalue weighted by molar-refractivity contribution is -0.137. The molecule has 2 aromatic heterocycles. The summed E-state index contributed by atoms with van der Waals surface area (Å²) in [4.78, 5) is 16.6. The molecule has 6 nitrogen and oxygen atoms in total. The molecule has 0 saturated carbocycles. The van der Waals surface area contributed by atoms with Crippen molar-refractivity contribution < 1.29 is 18.0 Å². The van der Waals surface area contributed by atoms with E-state index in [4.69, 9.17) is 0 Å². The predicted octanol–water partition coefficient (Wildman–Crippen LogP) is 5.14. The minimum Gasteiger partial charge on any atom is -0.325 e. The van der Waals surface area contributed by atoms with Crippen LogP contribution in [0.5, 0.6) is 0 Å². The Bertz CT molecular complexity index is 1230. The van der Waals surface area contributed by atoms with Crippen molar-refractivity contribution in [3.05, 3.63) is 90.3 Å². The number of hydrogen-bond acceptors (Lipinski definition) is 5. The summed E-state index contributed by atoms with van der Waals surface area (Å²) in [7, 11) is 0. The van der Waals surface area contributed by atoms with E-state index in [1.807, 2.05) is 41.0 Å². The van der Waals surface area contributed by atoms with Crippen molar-refractivity contribution in [1.82, 2.24) is 19.7 Å². The highest BCUT2D eigenvalue weighted by atomic mass is 32.2. The Balaban J connectivity index is 1.54. The maximum atomic E-state index is 13.2. The van der Waals surface area contributed by atoms with Crippen LogP contribution < -0.4 is 5.32 Å². The molecule has 0 bridgehead atoms. The van der Waals surface area contributed by atoms with Gasteiger partial charge >= 0.3 is 6.18 Å². The molecule has 0 saturated heterocycles. The molecule has 4 rings (SSSR count). The minimum absolute atomic E-state index is 0.133. The van der Waals surface area contributed by atoms with E-state index >= 15 is 0 Å². The van der Waals surface area contributed by atoms with E-state index in [0.717, 1.165) is 29.0 Å². The number of hydrogen-bond donors (Lipinski definition) is 1. The first-order valence-corrected chi connectivity index (χ1v) is 10.9. The van der Waals surface area contributed by atoms with Gasteiger partial charge in [-0.25, -0.2) is 0 Å². The van der Waals surface area contributed by atoms with Gasteiger partial charge in [-0.3, -0.25) is 14.3 Å². The van der Waals surface area contributed by atoms with Crippen molar-refractivity contribution in [3.63, 3.8) is 0 Å². The van der Waals surface area contributed by atoms with Crippen LogP contribution in [0.1, 0.15) is 11.1 Å². The van der Waals surface area contributed by atoms with Crippen LogP contribution in [0.15, 0.2) is 84.3 Å². The van der Waals surface area contributed by atoms with Gasteiger partial charge in [0.05, 0.1) is 23.5 Å². The topological polar surface area (TPSA) is 72.7 Å². The third-order valence-electron chi connectivity index (χ3n) is 4.66. The van der Waals surface area contributed by atoms with E-state index in [0.29, 0.717) is 17.5 Å². The number of rotatable bonds is 7. The summed E-state index contributed by atoms with van der Waals surface area (Å²) in [6, 6.07) is 18.2. The van der Waals surface area contributed by atoms with Crippen molar-refractivity contribution in [3.8, 4) is 11.4 Å². The number of alkyl halides is 3. The Hall–Kier alpha value is -3.66. The fraction of sp³-hybridized carbons (Fsp3) is 0.130. The molecular weight excluding hydrogens is 451 g/mol. The van der Waals surface area contributed by atoms with Crippen molar-refractivity contribution in [1.29, 1.82) is 0 Å². The highest BCUT2D eigenvalue weighted by Gasteiger charge is 2.33. The van der Waals surface area contributed by atoms with Crippen molar-refractivity contribution >= 4 is 23.4 Å². The van der Waals surface area contributed by atoms with Crippen LogP contribution in [0.4, 0.5) is 18.9 Å². The molecule has 0 atom stereocenters. The van der Waals surface area contributed by atoms with Crippen LogP contribution in [0.25, 0.3) is 11.4 Å². The molecule has 168 valence electrons. The van der Waals surface area contributed by atoms with Crippen molar-refractivity contribution in [2.45, 2.75) is 17.9 Å². The largest absolute Gasteiger partial charge is 0.418 e. The summed E-state index contributed by atoms with van der Waals surface area (Å²) in [6.07, 6.45) is -1.24. The Morgan fingerprint density at radius 3 is 2.45 bits per heavy atom. The van der Waals surface area contributed by atoms with Crippen LogP contribution in [0, 0.1) is 0 Å². The smallest absolute Gasteiger partial charge is 0.325 e. The molecule has 0 unspecified atom stereocenters. The van der Waals surface area contributed by atoms with Crippen LogP contribution in [-0.4, -0.2) is 31.4 Å². The molecular formula is C23H18F3N5OS. The molecule has 33 heavy (non-hydrogen) atoms. The molecule has 0 fully saturated rings. The molecule has 1 N–H and O–H groups in total. The van der Waals surface area contributed by atoms with Gasteiger partial charge in [-0.05, 0) is 29.8 Å². The number of benzene rings is 2. The number of anilines is 1. The maximum Gasteiger partial charge on any atom is 0.418 e. The highest BCUT2D eigenvalue weighted by Crippen LogP contribution is 2.34. The summed E-state index contributed by atoms with van der Waals surface area (Å²) < 4.78 is 41.4. The zero-order valence-electron chi connectivity index (χ0n) is 17.2. The van der Waals surface area contributed by atoms with Gasteiger partial charge in [0, 0.05) is 18.0 Å². The fourth-order valence-corrected chi connectivity index (χ4v) is 3.91. The van der Waals surface area contributed by atoms with Gasteiger partial charge in [-0.15, -0.1) is 10.2 Å². The SMILES string of the molecule is O=C(CSc1nnc(-c2cccnc2)n1Cc1ccccc1)Nc1ccccc1C(F)(F)F. The molecule has 4 aromatic rings. The second-order valence-corrected chi connectivity index (χ2v) is 7.94. The molecule has 2 aromatic carbocycles. The molecule has 0 radical (unpaired) electrons. The number of carbonyl (C=O) groups excluding carboxylic acids is 1. The molecule has 1 amide bonds. The number of nitrogens with one attached hydrogen (secondary N) is 1. The number of thioether (sulfide) groups is 1. The highest BCUT2D eigenvalue weighted by molar-refractivity contribution is 7.99. The fourth-order valence-electron chi connectivity index (χ4n) is 3.17. The second kappa shape index (κ2) is 9.86.